The highest BCUT2D eigenvalue weighted by atomic mass is 35.5. The van der Waals surface area contributed by atoms with Gasteiger partial charge in [-0.25, -0.2) is 8.42 Å². The first-order valence-electron chi connectivity index (χ1n) is 11.2. The van der Waals surface area contributed by atoms with E-state index in [2.05, 4.69) is 5.32 Å². The van der Waals surface area contributed by atoms with Crippen LogP contribution in [0.3, 0.4) is 0 Å². The Morgan fingerprint density at radius 1 is 1.06 bits per heavy atom. The summed E-state index contributed by atoms with van der Waals surface area (Å²) in [6.45, 7) is 3.57. The smallest absolute Gasteiger partial charge is 0.244 e. The number of ether oxygens (including phenoxy) is 1. The quantitative estimate of drug-likeness (QED) is 0.392. The molecule has 1 N–H and O–H groups in total. The van der Waals surface area contributed by atoms with Crippen molar-refractivity contribution in [2.75, 3.05) is 30.8 Å². The van der Waals surface area contributed by atoms with Crippen LogP contribution in [0.1, 0.15) is 32.3 Å². The Morgan fingerprint density at radius 2 is 1.75 bits per heavy atom. The van der Waals surface area contributed by atoms with E-state index in [1.54, 1.807) is 25.1 Å². The number of benzene rings is 2. The molecule has 0 fully saturated rings. The van der Waals surface area contributed by atoms with E-state index < -0.39 is 28.5 Å². The number of sulfonamides is 1. The fourth-order valence-corrected chi connectivity index (χ4v) is 5.10. The fourth-order valence-electron chi connectivity index (χ4n) is 3.54. The number of nitrogens with zero attached hydrogens (tertiary/aromatic N) is 2. The van der Waals surface area contributed by atoms with Gasteiger partial charge in [0.1, 0.15) is 18.3 Å². The van der Waals surface area contributed by atoms with Crippen LogP contribution in [-0.2, 0) is 26.2 Å². The molecule has 0 aliphatic rings. The summed E-state index contributed by atoms with van der Waals surface area (Å²) in [6, 6.07) is 8.40. The Kier molecular flexibility index (Phi) is 11.2. The average molecular weight is 579 g/mol. The van der Waals surface area contributed by atoms with Crippen LogP contribution in [0.15, 0.2) is 36.4 Å². The summed E-state index contributed by atoms with van der Waals surface area (Å²) in [5.74, 6) is -0.564. The van der Waals surface area contributed by atoms with E-state index in [9.17, 15) is 18.0 Å². The van der Waals surface area contributed by atoms with Crippen molar-refractivity contribution in [3.05, 3.63) is 57.0 Å². The van der Waals surface area contributed by atoms with Gasteiger partial charge in [-0.15, -0.1) is 0 Å². The zero-order chi connectivity index (χ0) is 27.0. The van der Waals surface area contributed by atoms with Crippen LogP contribution >= 0.6 is 34.8 Å². The maximum atomic E-state index is 13.7. The van der Waals surface area contributed by atoms with Gasteiger partial charge in [0.2, 0.25) is 21.8 Å². The van der Waals surface area contributed by atoms with Crippen molar-refractivity contribution in [3.63, 3.8) is 0 Å². The lowest BCUT2D eigenvalue weighted by Gasteiger charge is -2.33. The number of carbonyl (C=O) groups is 2. The zero-order valence-electron chi connectivity index (χ0n) is 20.6. The number of anilines is 1. The minimum Gasteiger partial charge on any atom is -0.495 e. The second kappa shape index (κ2) is 13.4. The maximum absolute atomic E-state index is 13.7. The summed E-state index contributed by atoms with van der Waals surface area (Å²) in [7, 11) is -2.46. The molecule has 2 amide bonds. The molecule has 36 heavy (non-hydrogen) atoms. The first kappa shape index (κ1) is 30.0. The van der Waals surface area contributed by atoms with Gasteiger partial charge in [0, 0.05) is 23.1 Å². The molecule has 2 aromatic rings. The number of hydrogen-bond donors (Lipinski definition) is 1. The van der Waals surface area contributed by atoms with Crippen LogP contribution in [0.5, 0.6) is 5.75 Å². The van der Waals surface area contributed by atoms with Gasteiger partial charge < -0.3 is 15.0 Å². The number of methoxy groups -OCH3 is 1. The summed E-state index contributed by atoms with van der Waals surface area (Å²) in [6.07, 6.45) is 2.02. The van der Waals surface area contributed by atoms with Crippen LogP contribution in [-0.4, -0.2) is 57.6 Å². The highest BCUT2D eigenvalue weighted by Gasteiger charge is 2.32. The second-order valence-electron chi connectivity index (χ2n) is 8.06. The second-order valence-corrected chi connectivity index (χ2v) is 11.2. The van der Waals surface area contributed by atoms with Gasteiger partial charge in [0.15, 0.2) is 0 Å². The Hall–Kier alpha value is -2.20. The molecule has 0 aliphatic carbocycles. The summed E-state index contributed by atoms with van der Waals surface area (Å²) < 4.78 is 31.4. The summed E-state index contributed by atoms with van der Waals surface area (Å²) in [4.78, 5) is 27.9. The molecule has 0 bridgehead atoms. The third kappa shape index (κ3) is 7.90. The van der Waals surface area contributed by atoms with Crippen molar-refractivity contribution >= 4 is 62.3 Å². The summed E-state index contributed by atoms with van der Waals surface area (Å²) >= 11 is 18.6. The van der Waals surface area contributed by atoms with E-state index in [4.69, 9.17) is 39.5 Å². The molecular formula is C24H30Cl3N3O5S. The van der Waals surface area contributed by atoms with Crippen molar-refractivity contribution in [2.45, 2.75) is 39.3 Å². The number of amides is 2. The van der Waals surface area contributed by atoms with E-state index in [0.717, 1.165) is 17.0 Å². The number of hydrogen-bond acceptors (Lipinski definition) is 5. The molecule has 0 radical (unpaired) electrons. The molecule has 0 aliphatic heterocycles. The predicted octanol–water partition coefficient (Wildman–Crippen LogP) is 4.76. The monoisotopic (exact) mass is 577 g/mol. The number of carbonyl (C=O) groups excluding carboxylic acids is 2. The van der Waals surface area contributed by atoms with Gasteiger partial charge in [-0.1, -0.05) is 54.7 Å². The number of halogens is 3. The minimum atomic E-state index is -3.89. The Bertz CT molecular complexity index is 1190. The Balaban J connectivity index is 2.48. The predicted molar refractivity (Wildman–Crippen MR) is 145 cm³/mol. The first-order valence-corrected chi connectivity index (χ1v) is 14.2. The van der Waals surface area contributed by atoms with Crippen molar-refractivity contribution in [2.24, 2.45) is 0 Å². The number of nitrogens with one attached hydrogen (secondary N) is 1. The normalized spacial score (nSPS) is 12.1. The van der Waals surface area contributed by atoms with Crippen LogP contribution in [0, 0.1) is 0 Å². The Morgan fingerprint density at radius 3 is 2.28 bits per heavy atom. The van der Waals surface area contributed by atoms with Gasteiger partial charge in [-0.3, -0.25) is 13.9 Å². The van der Waals surface area contributed by atoms with Crippen molar-refractivity contribution < 1.29 is 22.7 Å². The van der Waals surface area contributed by atoms with Crippen molar-refractivity contribution in [1.82, 2.24) is 10.2 Å². The molecule has 8 nitrogen and oxygen atoms in total. The van der Waals surface area contributed by atoms with E-state index in [-0.39, 0.29) is 23.2 Å². The molecule has 1 atom stereocenters. The Labute approximate surface area is 227 Å². The lowest BCUT2D eigenvalue weighted by molar-refractivity contribution is -0.140. The summed E-state index contributed by atoms with van der Waals surface area (Å²) in [5.41, 5.74) is 0.749. The van der Waals surface area contributed by atoms with Crippen molar-refractivity contribution in [1.29, 1.82) is 0 Å². The standard InChI is InChI=1S/C24H30Cl3N3O5S/c1-5-11-28-24(32)21(6-2)29(14-16-7-8-17(25)12-19(16)26)23(31)15-30(36(4,33)34)18-9-10-22(35-3)20(27)13-18/h7-10,12-13,21H,5-6,11,14-15H2,1-4H3,(H,28,32). The molecule has 2 aromatic carbocycles. The van der Waals surface area contributed by atoms with Crippen molar-refractivity contribution in [3.8, 4) is 5.75 Å². The lowest BCUT2D eigenvalue weighted by atomic mass is 10.1. The minimum absolute atomic E-state index is 0.0200. The molecule has 2 rings (SSSR count). The van der Waals surface area contributed by atoms with Gasteiger partial charge >= 0.3 is 0 Å². The van der Waals surface area contributed by atoms with Crippen LogP contribution in [0.25, 0.3) is 0 Å². The highest BCUT2D eigenvalue weighted by molar-refractivity contribution is 7.92. The van der Waals surface area contributed by atoms with Crippen LogP contribution in [0.2, 0.25) is 15.1 Å². The zero-order valence-corrected chi connectivity index (χ0v) is 23.6. The highest BCUT2D eigenvalue weighted by Crippen LogP contribution is 2.30. The van der Waals surface area contributed by atoms with Crippen LogP contribution in [0.4, 0.5) is 5.69 Å². The van der Waals surface area contributed by atoms with Gasteiger partial charge in [0.05, 0.1) is 24.1 Å². The average Bonchev–Trinajstić information content (AvgIpc) is 2.81. The van der Waals surface area contributed by atoms with Gasteiger partial charge in [-0.2, -0.15) is 0 Å². The molecular weight excluding hydrogens is 549 g/mol. The van der Waals surface area contributed by atoms with E-state index in [1.165, 1.54) is 30.2 Å². The molecule has 198 valence electrons. The summed E-state index contributed by atoms with van der Waals surface area (Å²) in [5, 5.41) is 3.75. The third-order valence-electron chi connectivity index (χ3n) is 5.39. The van der Waals surface area contributed by atoms with E-state index in [0.29, 0.717) is 34.3 Å². The van der Waals surface area contributed by atoms with Crippen LogP contribution < -0.4 is 14.4 Å². The first-order chi connectivity index (χ1) is 16.9. The fraction of sp³-hybridized carbons (Fsp3) is 0.417. The SMILES string of the molecule is CCCNC(=O)C(CC)N(Cc1ccc(Cl)cc1Cl)C(=O)CN(c1ccc(OC)c(Cl)c1)S(C)(=O)=O. The van der Waals surface area contributed by atoms with Gasteiger partial charge in [-0.05, 0) is 48.7 Å². The van der Waals surface area contributed by atoms with E-state index in [1.807, 2.05) is 6.92 Å². The molecule has 0 aromatic heterocycles. The molecule has 0 saturated carbocycles. The lowest BCUT2D eigenvalue weighted by Crippen LogP contribution is -2.52. The van der Waals surface area contributed by atoms with E-state index >= 15 is 0 Å². The number of rotatable bonds is 12. The third-order valence-corrected chi connectivity index (χ3v) is 7.42. The topological polar surface area (TPSA) is 96.0 Å². The molecule has 0 heterocycles. The van der Waals surface area contributed by atoms with Gasteiger partial charge in [0.25, 0.3) is 0 Å². The maximum Gasteiger partial charge on any atom is 0.244 e. The molecule has 0 spiro atoms. The largest absolute Gasteiger partial charge is 0.495 e. The molecule has 12 heteroatoms. The molecule has 1 unspecified atom stereocenters. The molecule has 0 saturated heterocycles.